The Kier molecular flexibility index (Phi) is 3.16. The second-order valence-electron chi connectivity index (χ2n) is 3.30. The van der Waals surface area contributed by atoms with E-state index < -0.39 is 0 Å². The lowest BCUT2D eigenvalue weighted by Gasteiger charge is -2.04. The van der Waals surface area contributed by atoms with Gasteiger partial charge in [-0.05, 0) is 17.7 Å². The fraction of sp³-hybridized carbons (Fsp3) is 0.0909. The van der Waals surface area contributed by atoms with E-state index in [0.717, 1.165) is 5.56 Å². The molecule has 1 aromatic heterocycles. The molecule has 2 rings (SSSR count). The van der Waals surface area contributed by atoms with Crippen molar-refractivity contribution >= 4 is 22.9 Å². The summed E-state index contributed by atoms with van der Waals surface area (Å²) in [7, 11) is 0. The van der Waals surface area contributed by atoms with E-state index in [1.807, 2.05) is 24.3 Å². The van der Waals surface area contributed by atoms with Crippen molar-refractivity contribution in [2.24, 2.45) is 0 Å². The van der Waals surface area contributed by atoms with Gasteiger partial charge in [0.15, 0.2) is 0 Å². The summed E-state index contributed by atoms with van der Waals surface area (Å²) in [5, 5.41) is 4.50. The summed E-state index contributed by atoms with van der Waals surface area (Å²) in [5.41, 5.74) is 9.39. The summed E-state index contributed by atoms with van der Waals surface area (Å²) >= 11 is 1.40. The fourth-order valence-electron chi connectivity index (χ4n) is 1.30. The van der Waals surface area contributed by atoms with Crippen LogP contribution in [0, 0.1) is 0 Å². The monoisotopic (exact) mass is 233 g/mol. The van der Waals surface area contributed by atoms with E-state index in [1.54, 1.807) is 10.9 Å². The van der Waals surface area contributed by atoms with E-state index in [-0.39, 0.29) is 5.91 Å². The number of benzene rings is 1. The van der Waals surface area contributed by atoms with Gasteiger partial charge >= 0.3 is 0 Å². The number of hydrogen-bond acceptors (Lipinski definition) is 4. The van der Waals surface area contributed by atoms with Crippen molar-refractivity contribution in [3.63, 3.8) is 0 Å². The van der Waals surface area contributed by atoms with Gasteiger partial charge in [0.2, 0.25) is 0 Å². The maximum atomic E-state index is 11.6. The van der Waals surface area contributed by atoms with Crippen LogP contribution in [0.2, 0.25) is 0 Å². The highest BCUT2D eigenvalue weighted by Crippen LogP contribution is 2.06. The van der Waals surface area contributed by atoms with Crippen molar-refractivity contribution in [2.75, 3.05) is 5.73 Å². The molecule has 2 aromatic rings. The first-order valence-corrected chi connectivity index (χ1v) is 5.71. The van der Waals surface area contributed by atoms with Crippen LogP contribution in [0.5, 0.6) is 0 Å². The largest absolute Gasteiger partial charge is 0.399 e. The minimum Gasteiger partial charge on any atom is -0.399 e. The van der Waals surface area contributed by atoms with Crippen LogP contribution in [0.3, 0.4) is 0 Å². The lowest BCUT2D eigenvalue weighted by molar-refractivity contribution is 0.0946. The zero-order chi connectivity index (χ0) is 11.4. The molecule has 0 saturated carbocycles. The summed E-state index contributed by atoms with van der Waals surface area (Å²) in [5.74, 6) is -0.163. The number of nitrogens with one attached hydrogen (secondary N) is 1. The van der Waals surface area contributed by atoms with Crippen molar-refractivity contribution in [2.45, 2.75) is 6.54 Å². The maximum Gasteiger partial charge on any atom is 0.271 e. The molecule has 4 nitrogen and oxygen atoms in total. The molecule has 0 aliphatic rings. The first-order chi connectivity index (χ1) is 7.75. The van der Waals surface area contributed by atoms with Crippen LogP contribution >= 0.6 is 11.3 Å². The SMILES string of the molecule is Nc1cccc(CNC(=O)c2cscn2)c1. The van der Waals surface area contributed by atoms with Gasteiger partial charge in [-0.2, -0.15) is 0 Å². The van der Waals surface area contributed by atoms with Gasteiger partial charge in [-0.15, -0.1) is 11.3 Å². The molecule has 1 heterocycles. The van der Waals surface area contributed by atoms with Crippen molar-refractivity contribution in [3.8, 4) is 0 Å². The number of hydrogen-bond donors (Lipinski definition) is 2. The molecule has 0 spiro atoms. The van der Waals surface area contributed by atoms with Crippen LogP contribution in [-0.2, 0) is 6.54 Å². The molecule has 0 saturated heterocycles. The molecule has 0 aliphatic heterocycles. The number of nitrogens with two attached hydrogens (primary N) is 1. The summed E-state index contributed by atoms with van der Waals surface area (Å²) in [4.78, 5) is 15.5. The van der Waals surface area contributed by atoms with E-state index in [2.05, 4.69) is 10.3 Å². The van der Waals surface area contributed by atoms with Crippen LogP contribution in [-0.4, -0.2) is 10.9 Å². The Bertz CT molecular complexity index is 482. The van der Waals surface area contributed by atoms with Gasteiger partial charge in [-0.25, -0.2) is 4.98 Å². The molecule has 3 N–H and O–H groups in total. The van der Waals surface area contributed by atoms with E-state index in [0.29, 0.717) is 17.9 Å². The van der Waals surface area contributed by atoms with Crippen molar-refractivity contribution in [1.29, 1.82) is 0 Å². The van der Waals surface area contributed by atoms with Gasteiger partial charge in [0.05, 0.1) is 5.51 Å². The highest BCUT2D eigenvalue weighted by atomic mass is 32.1. The van der Waals surface area contributed by atoms with Crippen LogP contribution in [0.1, 0.15) is 16.1 Å². The Morgan fingerprint density at radius 3 is 3.06 bits per heavy atom. The molecule has 16 heavy (non-hydrogen) atoms. The first kappa shape index (κ1) is 10.6. The Morgan fingerprint density at radius 1 is 1.50 bits per heavy atom. The Hall–Kier alpha value is -1.88. The van der Waals surface area contributed by atoms with Gasteiger partial charge in [0.25, 0.3) is 5.91 Å². The average molecular weight is 233 g/mol. The predicted molar refractivity (Wildman–Crippen MR) is 64.1 cm³/mol. The molecule has 0 aliphatic carbocycles. The van der Waals surface area contributed by atoms with Crippen molar-refractivity contribution in [3.05, 3.63) is 46.4 Å². The number of thiazole rings is 1. The Balaban J connectivity index is 1.95. The number of nitrogen functional groups attached to an aromatic ring is 1. The predicted octanol–water partition coefficient (Wildman–Crippen LogP) is 1.66. The number of rotatable bonds is 3. The second kappa shape index (κ2) is 4.76. The van der Waals surface area contributed by atoms with Crippen LogP contribution in [0.25, 0.3) is 0 Å². The molecule has 5 heteroatoms. The van der Waals surface area contributed by atoms with Gasteiger partial charge in [0, 0.05) is 17.6 Å². The van der Waals surface area contributed by atoms with Crippen molar-refractivity contribution in [1.82, 2.24) is 10.3 Å². The maximum absolute atomic E-state index is 11.6. The quantitative estimate of drug-likeness (QED) is 0.792. The summed E-state index contributed by atoms with van der Waals surface area (Å²) in [6.07, 6.45) is 0. The molecule has 0 bridgehead atoms. The molecule has 1 aromatic carbocycles. The Morgan fingerprint density at radius 2 is 2.38 bits per heavy atom. The van der Waals surface area contributed by atoms with E-state index >= 15 is 0 Å². The molecule has 0 unspecified atom stereocenters. The van der Waals surface area contributed by atoms with Crippen LogP contribution in [0.4, 0.5) is 5.69 Å². The zero-order valence-corrected chi connectivity index (χ0v) is 9.33. The second-order valence-corrected chi connectivity index (χ2v) is 4.02. The number of carbonyl (C=O) groups is 1. The highest BCUT2D eigenvalue weighted by Gasteiger charge is 2.06. The molecule has 82 valence electrons. The third-order valence-electron chi connectivity index (χ3n) is 2.07. The molecule has 0 radical (unpaired) electrons. The summed E-state index contributed by atoms with van der Waals surface area (Å²) < 4.78 is 0. The van der Waals surface area contributed by atoms with Gasteiger partial charge in [-0.1, -0.05) is 12.1 Å². The molecular formula is C11H11N3OS. The minimum absolute atomic E-state index is 0.163. The van der Waals surface area contributed by atoms with Crippen LogP contribution in [0.15, 0.2) is 35.2 Å². The molecular weight excluding hydrogens is 222 g/mol. The lowest BCUT2D eigenvalue weighted by Crippen LogP contribution is -2.23. The lowest BCUT2D eigenvalue weighted by atomic mass is 10.2. The highest BCUT2D eigenvalue weighted by molar-refractivity contribution is 7.07. The standard InChI is InChI=1S/C11H11N3OS/c12-9-3-1-2-8(4-9)5-13-11(15)10-6-16-7-14-10/h1-4,6-7H,5,12H2,(H,13,15). The molecule has 0 fully saturated rings. The minimum atomic E-state index is -0.163. The van der Waals surface area contributed by atoms with Crippen molar-refractivity contribution < 1.29 is 4.79 Å². The van der Waals surface area contributed by atoms with Gasteiger partial charge in [0.1, 0.15) is 5.69 Å². The fourth-order valence-corrected chi connectivity index (χ4v) is 1.83. The third-order valence-corrected chi connectivity index (χ3v) is 2.66. The molecule has 1 amide bonds. The Labute approximate surface area is 97.1 Å². The molecule has 0 atom stereocenters. The van der Waals surface area contributed by atoms with E-state index in [4.69, 9.17) is 5.73 Å². The number of amides is 1. The first-order valence-electron chi connectivity index (χ1n) is 4.76. The average Bonchev–Trinajstić information content (AvgIpc) is 2.79. The summed E-state index contributed by atoms with van der Waals surface area (Å²) in [6.45, 7) is 0.460. The third kappa shape index (κ3) is 2.58. The normalized spacial score (nSPS) is 10.0. The topological polar surface area (TPSA) is 68.0 Å². The number of nitrogens with zero attached hydrogens (tertiary/aromatic N) is 1. The number of carbonyl (C=O) groups excluding carboxylic acids is 1. The van der Waals surface area contributed by atoms with Gasteiger partial charge < -0.3 is 11.1 Å². The van der Waals surface area contributed by atoms with E-state index in [1.165, 1.54) is 11.3 Å². The van der Waals surface area contributed by atoms with E-state index in [9.17, 15) is 4.79 Å². The number of aromatic nitrogens is 1. The summed E-state index contributed by atoms with van der Waals surface area (Å²) in [6, 6.07) is 7.42. The zero-order valence-electron chi connectivity index (χ0n) is 8.51. The van der Waals surface area contributed by atoms with Crippen LogP contribution < -0.4 is 11.1 Å². The number of anilines is 1. The smallest absolute Gasteiger partial charge is 0.271 e. The van der Waals surface area contributed by atoms with Gasteiger partial charge in [-0.3, -0.25) is 4.79 Å².